The number of amides is 2. The van der Waals surface area contributed by atoms with Gasteiger partial charge in [0.15, 0.2) is 5.54 Å². The molecule has 0 fully saturated rings. The van der Waals surface area contributed by atoms with Crippen LogP contribution in [-0.2, 0) is 19.1 Å². The fraction of sp³-hybridized carbons (Fsp3) is 0.533. The number of carbonyl (C=O) groups is 3. The zero-order chi connectivity index (χ0) is 16.3. The molecule has 1 aliphatic rings. The lowest BCUT2D eigenvalue weighted by molar-refractivity contribution is -0.156. The predicted octanol–water partition coefficient (Wildman–Crippen LogP) is 2.20. The summed E-state index contributed by atoms with van der Waals surface area (Å²) in [6.45, 7) is 10.4. The third kappa shape index (κ3) is 3.51. The molecule has 2 amide bonds. The highest BCUT2D eigenvalue weighted by Gasteiger charge is 2.52. The Bertz CT molecular complexity index is 489. The molecule has 6 nitrogen and oxygen atoms in total. The van der Waals surface area contributed by atoms with Gasteiger partial charge in [0, 0.05) is 12.5 Å². The first-order chi connectivity index (χ1) is 9.68. The smallest absolute Gasteiger partial charge is 0.418 e. The minimum atomic E-state index is -1.52. The third-order valence-corrected chi connectivity index (χ3v) is 2.78. The SMILES string of the molecule is C=CCC1(C(=O)OCC)C=CC(=O)N1C(=O)OC(C)(C)C. The van der Waals surface area contributed by atoms with Crippen LogP contribution in [0.4, 0.5) is 4.79 Å². The van der Waals surface area contributed by atoms with E-state index >= 15 is 0 Å². The Labute approximate surface area is 124 Å². The molecule has 116 valence electrons. The van der Waals surface area contributed by atoms with Gasteiger partial charge in [0.05, 0.1) is 6.61 Å². The van der Waals surface area contributed by atoms with Crippen LogP contribution in [-0.4, -0.2) is 40.6 Å². The summed E-state index contributed by atoms with van der Waals surface area (Å²) in [6, 6.07) is 0. The summed E-state index contributed by atoms with van der Waals surface area (Å²) in [5.74, 6) is -1.29. The number of esters is 1. The molecule has 0 saturated carbocycles. The van der Waals surface area contributed by atoms with E-state index < -0.39 is 29.1 Å². The molecule has 0 aromatic carbocycles. The highest BCUT2D eigenvalue weighted by molar-refractivity contribution is 6.08. The second kappa shape index (κ2) is 6.11. The molecule has 0 aromatic heterocycles. The van der Waals surface area contributed by atoms with Gasteiger partial charge in [-0.2, -0.15) is 0 Å². The zero-order valence-corrected chi connectivity index (χ0v) is 12.8. The van der Waals surface area contributed by atoms with Crippen LogP contribution < -0.4 is 0 Å². The summed E-state index contributed by atoms with van der Waals surface area (Å²) in [4.78, 5) is 37.3. The van der Waals surface area contributed by atoms with Gasteiger partial charge in [0.2, 0.25) is 0 Å². The molecule has 1 heterocycles. The van der Waals surface area contributed by atoms with Crippen LogP contribution in [0.25, 0.3) is 0 Å². The highest BCUT2D eigenvalue weighted by atomic mass is 16.6. The molecule has 1 aliphatic heterocycles. The van der Waals surface area contributed by atoms with E-state index in [-0.39, 0.29) is 13.0 Å². The number of ether oxygens (including phenoxy) is 2. The van der Waals surface area contributed by atoms with E-state index in [1.807, 2.05) is 0 Å². The highest BCUT2D eigenvalue weighted by Crippen LogP contribution is 2.31. The lowest BCUT2D eigenvalue weighted by Crippen LogP contribution is -2.56. The van der Waals surface area contributed by atoms with Crippen molar-refractivity contribution < 1.29 is 23.9 Å². The number of nitrogens with zero attached hydrogens (tertiary/aromatic N) is 1. The lowest BCUT2D eigenvalue weighted by Gasteiger charge is -2.34. The van der Waals surface area contributed by atoms with Gasteiger partial charge in [-0.25, -0.2) is 14.5 Å². The van der Waals surface area contributed by atoms with E-state index in [2.05, 4.69) is 6.58 Å². The molecule has 0 N–H and O–H groups in total. The van der Waals surface area contributed by atoms with Gasteiger partial charge in [0.1, 0.15) is 5.60 Å². The Kier molecular flexibility index (Phi) is 4.93. The van der Waals surface area contributed by atoms with Gasteiger partial charge < -0.3 is 9.47 Å². The van der Waals surface area contributed by atoms with Crippen molar-refractivity contribution in [3.8, 4) is 0 Å². The molecular formula is C15H21NO5. The summed E-state index contributed by atoms with van der Waals surface area (Å²) in [7, 11) is 0. The van der Waals surface area contributed by atoms with Crippen molar-refractivity contribution in [3.63, 3.8) is 0 Å². The molecule has 6 heteroatoms. The first-order valence-electron chi connectivity index (χ1n) is 6.72. The monoisotopic (exact) mass is 295 g/mol. The summed E-state index contributed by atoms with van der Waals surface area (Å²) in [5, 5.41) is 0. The fourth-order valence-corrected chi connectivity index (χ4v) is 1.99. The Morgan fingerprint density at radius 3 is 2.52 bits per heavy atom. The molecule has 0 aliphatic carbocycles. The molecule has 0 saturated heterocycles. The quantitative estimate of drug-likeness (QED) is 0.587. The van der Waals surface area contributed by atoms with Crippen LogP contribution in [0.3, 0.4) is 0 Å². The molecule has 0 aromatic rings. The van der Waals surface area contributed by atoms with Crippen molar-refractivity contribution in [1.29, 1.82) is 0 Å². The average molecular weight is 295 g/mol. The second-order valence-corrected chi connectivity index (χ2v) is 5.62. The van der Waals surface area contributed by atoms with Crippen molar-refractivity contribution in [2.24, 2.45) is 0 Å². The number of rotatable bonds is 4. The third-order valence-electron chi connectivity index (χ3n) is 2.78. The molecule has 0 spiro atoms. The molecule has 1 unspecified atom stereocenters. The van der Waals surface area contributed by atoms with E-state index in [9.17, 15) is 14.4 Å². The number of hydrogen-bond acceptors (Lipinski definition) is 5. The van der Waals surface area contributed by atoms with Crippen LogP contribution in [0.5, 0.6) is 0 Å². The maximum absolute atomic E-state index is 12.3. The minimum absolute atomic E-state index is 0.0628. The standard InChI is InChI=1S/C15H21NO5/c1-6-9-15(12(18)20-7-2)10-8-11(17)16(15)13(19)21-14(3,4)5/h6,8,10H,1,7,9H2,2-5H3. The van der Waals surface area contributed by atoms with Crippen LogP contribution in [0.2, 0.25) is 0 Å². The van der Waals surface area contributed by atoms with Crippen LogP contribution in [0.15, 0.2) is 24.8 Å². The lowest BCUT2D eigenvalue weighted by atomic mass is 9.95. The minimum Gasteiger partial charge on any atom is -0.464 e. The Hall–Kier alpha value is -2.11. The van der Waals surface area contributed by atoms with E-state index in [1.165, 1.54) is 18.2 Å². The Morgan fingerprint density at radius 2 is 2.05 bits per heavy atom. The second-order valence-electron chi connectivity index (χ2n) is 5.62. The van der Waals surface area contributed by atoms with Crippen molar-refractivity contribution in [1.82, 2.24) is 4.90 Å². The summed E-state index contributed by atoms with van der Waals surface area (Å²) >= 11 is 0. The molecule has 1 atom stereocenters. The maximum atomic E-state index is 12.3. The molecule has 0 bridgehead atoms. The molecule has 0 radical (unpaired) electrons. The van der Waals surface area contributed by atoms with Gasteiger partial charge in [-0.1, -0.05) is 6.08 Å². The van der Waals surface area contributed by atoms with Crippen LogP contribution in [0.1, 0.15) is 34.1 Å². The van der Waals surface area contributed by atoms with Crippen molar-refractivity contribution >= 4 is 18.0 Å². The zero-order valence-electron chi connectivity index (χ0n) is 12.8. The summed E-state index contributed by atoms with van der Waals surface area (Å²) < 4.78 is 10.2. The largest absolute Gasteiger partial charge is 0.464 e. The van der Waals surface area contributed by atoms with Crippen LogP contribution >= 0.6 is 0 Å². The van der Waals surface area contributed by atoms with Gasteiger partial charge in [-0.15, -0.1) is 6.58 Å². The Balaban J connectivity index is 3.18. The van der Waals surface area contributed by atoms with E-state index in [0.717, 1.165) is 4.90 Å². The molecular weight excluding hydrogens is 274 g/mol. The number of carbonyl (C=O) groups excluding carboxylic acids is 3. The van der Waals surface area contributed by atoms with E-state index in [4.69, 9.17) is 9.47 Å². The fourth-order valence-electron chi connectivity index (χ4n) is 1.99. The van der Waals surface area contributed by atoms with Crippen molar-refractivity contribution in [2.45, 2.75) is 45.3 Å². The summed E-state index contributed by atoms with van der Waals surface area (Å²) in [5.41, 5.74) is -2.30. The number of imide groups is 1. The van der Waals surface area contributed by atoms with Gasteiger partial charge >= 0.3 is 12.1 Å². The van der Waals surface area contributed by atoms with Crippen molar-refractivity contribution in [3.05, 3.63) is 24.8 Å². The number of hydrogen-bond donors (Lipinski definition) is 0. The van der Waals surface area contributed by atoms with E-state index in [0.29, 0.717) is 0 Å². The predicted molar refractivity (Wildman–Crippen MR) is 76.4 cm³/mol. The molecule has 21 heavy (non-hydrogen) atoms. The van der Waals surface area contributed by atoms with E-state index in [1.54, 1.807) is 27.7 Å². The van der Waals surface area contributed by atoms with Gasteiger partial charge in [0.25, 0.3) is 5.91 Å². The van der Waals surface area contributed by atoms with Gasteiger partial charge in [-0.05, 0) is 33.8 Å². The average Bonchev–Trinajstić information content (AvgIpc) is 2.66. The maximum Gasteiger partial charge on any atom is 0.418 e. The van der Waals surface area contributed by atoms with Crippen molar-refractivity contribution in [2.75, 3.05) is 6.61 Å². The van der Waals surface area contributed by atoms with Crippen LogP contribution in [0, 0.1) is 0 Å². The first kappa shape index (κ1) is 16.9. The topological polar surface area (TPSA) is 72.9 Å². The first-order valence-corrected chi connectivity index (χ1v) is 6.72. The Morgan fingerprint density at radius 1 is 1.43 bits per heavy atom. The normalized spacial score (nSPS) is 21.3. The summed E-state index contributed by atoms with van der Waals surface area (Å²) in [6.07, 6.45) is 3.17. The van der Waals surface area contributed by atoms with Gasteiger partial charge in [-0.3, -0.25) is 4.79 Å². The molecule has 1 rings (SSSR count).